The Morgan fingerprint density at radius 1 is 1.00 bits per heavy atom. The second kappa shape index (κ2) is 11.3. The average molecular weight is 527 g/mol. The monoisotopic (exact) mass is 526 g/mol. The second-order valence-electron chi connectivity index (χ2n) is 9.42. The number of morpholine rings is 1. The Labute approximate surface area is 227 Å². The third kappa shape index (κ3) is 5.03. The lowest BCUT2D eigenvalue weighted by atomic mass is 9.95. The molecule has 1 saturated heterocycles. The van der Waals surface area contributed by atoms with Crippen molar-refractivity contribution < 1.29 is 9.15 Å². The minimum Gasteiger partial charge on any atom is -0.424 e. The highest BCUT2D eigenvalue weighted by Crippen LogP contribution is 2.36. The number of benzene rings is 2. The number of aryl methyl sites for hydroxylation is 1. The third-order valence-electron chi connectivity index (χ3n) is 7.06. The molecule has 1 unspecified atom stereocenters. The summed E-state index contributed by atoms with van der Waals surface area (Å²) in [6, 6.07) is 15.6. The zero-order valence-electron chi connectivity index (χ0n) is 22.8. The fourth-order valence-corrected chi connectivity index (χ4v) is 5.15. The van der Waals surface area contributed by atoms with Crippen molar-refractivity contribution in [3.63, 3.8) is 0 Å². The average Bonchev–Trinajstić information content (AvgIpc) is 3.32. The molecule has 0 spiro atoms. The number of fused-ring (bicyclic) bond motifs is 2. The van der Waals surface area contributed by atoms with Gasteiger partial charge in [0, 0.05) is 30.6 Å². The Hall–Kier alpha value is -4.08. The molecule has 39 heavy (non-hydrogen) atoms. The van der Waals surface area contributed by atoms with Gasteiger partial charge >= 0.3 is 5.63 Å². The van der Waals surface area contributed by atoms with Crippen molar-refractivity contribution >= 4 is 27.6 Å². The number of hydrogen-bond donors (Lipinski definition) is 1. The van der Waals surface area contributed by atoms with E-state index >= 15 is 0 Å². The molecule has 4 heterocycles. The van der Waals surface area contributed by atoms with Crippen molar-refractivity contribution in [2.75, 3.05) is 32.0 Å². The largest absolute Gasteiger partial charge is 0.424 e. The molecule has 0 amide bonds. The summed E-state index contributed by atoms with van der Waals surface area (Å²) in [6.45, 7) is 12.1. The number of anilines is 1. The van der Waals surface area contributed by atoms with Crippen LogP contribution in [0.25, 0.3) is 32.9 Å². The molecule has 9 heteroatoms. The summed E-state index contributed by atoms with van der Waals surface area (Å²) >= 11 is 0. The zero-order chi connectivity index (χ0) is 27.5. The van der Waals surface area contributed by atoms with Gasteiger partial charge < -0.3 is 14.9 Å². The number of nitrogen functional groups attached to an aromatic ring is 1. The molecular formula is C30H34N6O3. The van der Waals surface area contributed by atoms with Crippen molar-refractivity contribution in [2.45, 2.75) is 40.3 Å². The van der Waals surface area contributed by atoms with Crippen molar-refractivity contribution in [3.05, 3.63) is 82.3 Å². The van der Waals surface area contributed by atoms with Crippen LogP contribution in [0, 0.1) is 6.92 Å². The van der Waals surface area contributed by atoms with Crippen LogP contribution in [0.1, 0.15) is 43.8 Å². The first kappa shape index (κ1) is 26.5. The van der Waals surface area contributed by atoms with Gasteiger partial charge in [0.05, 0.1) is 29.7 Å². The molecule has 0 bridgehead atoms. The van der Waals surface area contributed by atoms with Gasteiger partial charge in [-0.25, -0.2) is 19.4 Å². The molecular weight excluding hydrogens is 492 g/mol. The Balaban J connectivity index is 0.00000151. The van der Waals surface area contributed by atoms with E-state index in [0.717, 1.165) is 55.1 Å². The van der Waals surface area contributed by atoms with Gasteiger partial charge in [0.25, 0.3) is 0 Å². The van der Waals surface area contributed by atoms with Crippen molar-refractivity contribution in [1.29, 1.82) is 0 Å². The first-order valence-electron chi connectivity index (χ1n) is 13.4. The van der Waals surface area contributed by atoms with Crippen LogP contribution in [-0.4, -0.2) is 51.0 Å². The fourth-order valence-electron chi connectivity index (χ4n) is 5.15. The molecule has 3 aromatic heterocycles. The summed E-state index contributed by atoms with van der Waals surface area (Å²) in [6.07, 6.45) is 1.42. The fraction of sp³-hybridized carbons (Fsp3) is 0.333. The van der Waals surface area contributed by atoms with Crippen LogP contribution < -0.4 is 11.4 Å². The first-order chi connectivity index (χ1) is 19.0. The summed E-state index contributed by atoms with van der Waals surface area (Å²) in [5.74, 6) is 0.892. The molecule has 0 radical (unpaired) electrons. The van der Waals surface area contributed by atoms with Crippen LogP contribution in [0.5, 0.6) is 0 Å². The molecule has 0 aliphatic carbocycles. The minimum absolute atomic E-state index is 0.372. The topological polar surface area (TPSA) is 112 Å². The number of hydrogen-bond acceptors (Lipinski definition) is 8. The van der Waals surface area contributed by atoms with Gasteiger partial charge in [-0.2, -0.15) is 5.10 Å². The number of nitrogens with two attached hydrogens (primary N) is 1. The lowest BCUT2D eigenvalue weighted by Gasteiger charge is -2.26. The summed E-state index contributed by atoms with van der Waals surface area (Å²) in [7, 11) is 0. The van der Waals surface area contributed by atoms with Gasteiger partial charge in [0.1, 0.15) is 23.9 Å². The minimum atomic E-state index is -0.425. The smallest absolute Gasteiger partial charge is 0.343 e. The van der Waals surface area contributed by atoms with E-state index in [1.54, 1.807) is 10.7 Å². The highest BCUT2D eigenvalue weighted by molar-refractivity contribution is 5.97. The van der Waals surface area contributed by atoms with Crippen LogP contribution in [0.15, 0.2) is 64.1 Å². The van der Waals surface area contributed by atoms with Crippen LogP contribution in [-0.2, 0) is 11.3 Å². The van der Waals surface area contributed by atoms with Gasteiger partial charge in [-0.1, -0.05) is 56.3 Å². The molecule has 202 valence electrons. The number of nitrogens with zero attached hydrogens (tertiary/aromatic N) is 5. The Morgan fingerprint density at radius 3 is 2.41 bits per heavy atom. The van der Waals surface area contributed by atoms with E-state index in [9.17, 15) is 4.79 Å². The predicted octanol–water partition coefficient (Wildman–Crippen LogP) is 4.96. The molecule has 9 nitrogen and oxygen atoms in total. The molecule has 1 aliphatic rings. The van der Waals surface area contributed by atoms with E-state index in [2.05, 4.69) is 39.1 Å². The molecule has 2 N–H and O–H groups in total. The van der Waals surface area contributed by atoms with Gasteiger partial charge in [-0.15, -0.1) is 0 Å². The lowest BCUT2D eigenvalue weighted by molar-refractivity contribution is 0.0342. The van der Waals surface area contributed by atoms with Crippen LogP contribution in [0.4, 0.5) is 5.82 Å². The summed E-state index contributed by atoms with van der Waals surface area (Å²) in [5, 5.41) is 6.78. The Bertz CT molecular complexity index is 1650. The standard InChI is InChI=1S/C28H28N6O3.C2H6/c1-17-23-26(29)30-16-31-27(23)34(32-17)18(2)25-24(21-5-3-4-6-22(21)28(35)37-25)20-9-7-19(8-10-20)15-33-11-13-36-14-12-33;1-2/h3-10,16,18H,11-15H2,1-2H3,(H2,29,30,31);1-2H3. The number of rotatable bonds is 5. The second-order valence-corrected chi connectivity index (χ2v) is 9.42. The van der Waals surface area contributed by atoms with E-state index < -0.39 is 6.04 Å². The van der Waals surface area contributed by atoms with Crippen LogP contribution in [0.3, 0.4) is 0 Å². The van der Waals surface area contributed by atoms with Crippen molar-refractivity contribution in [2.24, 2.45) is 0 Å². The number of aromatic nitrogens is 4. The SMILES string of the molecule is CC.Cc1nn(C(C)c2oc(=O)c3ccccc3c2-c2ccc(CN3CCOCC3)cc2)c2ncnc(N)c12. The van der Waals surface area contributed by atoms with E-state index in [0.29, 0.717) is 28.0 Å². The molecule has 1 fully saturated rings. The molecule has 6 rings (SSSR count). The highest BCUT2D eigenvalue weighted by Gasteiger charge is 2.25. The highest BCUT2D eigenvalue weighted by atomic mass is 16.5. The maximum absolute atomic E-state index is 13.1. The molecule has 2 aromatic carbocycles. The van der Waals surface area contributed by atoms with E-state index in [-0.39, 0.29) is 5.63 Å². The number of ether oxygens (including phenoxy) is 1. The molecule has 0 saturated carbocycles. The normalized spacial score (nSPS) is 14.8. The third-order valence-corrected chi connectivity index (χ3v) is 7.06. The summed E-state index contributed by atoms with van der Waals surface area (Å²) in [4.78, 5) is 24.0. The van der Waals surface area contributed by atoms with E-state index in [1.165, 1.54) is 11.9 Å². The van der Waals surface area contributed by atoms with Gasteiger partial charge in [0.2, 0.25) is 0 Å². The lowest BCUT2D eigenvalue weighted by Crippen LogP contribution is -2.35. The van der Waals surface area contributed by atoms with E-state index in [1.807, 2.05) is 45.9 Å². The maximum Gasteiger partial charge on any atom is 0.343 e. The van der Waals surface area contributed by atoms with Crippen LogP contribution in [0.2, 0.25) is 0 Å². The van der Waals surface area contributed by atoms with Gasteiger partial charge in [0.15, 0.2) is 5.65 Å². The quantitative estimate of drug-likeness (QED) is 0.342. The molecule has 1 atom stereocenters. The Morgan fingerprint density at radius 2 is 1.69 bits per heavy atom. The maximum atomic E-state index is 13.1. The molecule has 1 aliphatic heterocycles. The molecule has 5 aromatic rings. The van der Waals surface area contributed by atoms with Gasteiger partial charge in [-0.05, 0) is 31.0 Å². The van der Waals surface area contributed by atoms with Gasteiger partial charge in [-0.3, -0.25) is 4.90 Å². The van der Waals surface area contributed by atoms with E-state index in [4.69, 9.17) is 20.0 Å². The Kier molecular flexibility index (Phi) is 7.72. The predicted molar refractivity (Wildman–Crippen MR) is 154 cm³/mol. The summed E-state index contributed by atoms with van der Waals surface area (Å²) < 4.78 is 13.2. The summed E-state index contributed by atoms with van der Waals surface area (Å²) in [5.41, 5.74) is 10.1. The van der Waals surface area contributed by atoms with Crippen LogP contribution >= 0.6 is 0 Å². The first-order valence-corrected chi connectivity index (χ1v) is 13.4. The van der Waals surface area contributed by atoms with Crippen molar-refractivity contribution in [1.82, 2.24) is 24.6 Å². The zero-order valence-corrected chi connectivity index (χ0v) is 22.8. The van der Waals surface area contributed by atoms with Crippen molar-refractivity contribution in [3.8, 4) is 11.1 Å².